The van der Waals surface area contributed by atoms with Crippen molar-refractivity contribution in [2.24, 2.45) is 10.7 Å². The lowest BCUT2D eigenvalue weighted by Gasteiger charge is -2.14. The standard InChI is InChI=1S/C16H28N4O.HI/c1-5-20(3)11-15-8-6-7-14(9-15)10-18-16(17)19-13(2)12-21-4;/h6-9,13H,5,10-12H2,1-4H3,(H3,17,18,19);1H. The van der Waals surface area contributed by atoms with Gasteiger partial charge >= 0.3 is 0 Å². The Hall–Kier alpha value is -0.860. The lowest BCUT2D eigenvalue weighted by atomic mass is 10.1. The van der Waals surface area contributed by atoms with Crippen LogP contribution in [0.4, 0.5) is 0 Å². The first-order valence-electron chi connectivity index (χ1n) is 7.36. The van der Waals surface area contributed by atoms with Crippen LogP contribution in [0.1, 0.15) is 25.0 Å². The molecule has 0 fully saturated rings. The van der Waals surface area contributed by atoms with Gasteiger partial charge in [-0.2, -0.15) is 0 Å². The van der Waals surface area contributed by atoms with Crippen LogP contribution < -0.4 is 11.1 Å². The summed E-state index contributed by atoms with van der Waals surface area (Å²) in [7, 11) is 3.79. The molecule has 0 spiro atoms. The predicted octanol–water partition coefficient (Wildman–Crippen LogP) is 2.20. The van der Waals surface area contributed by atoms with Crippen LogP contribution in [0.25, 0.3) is 0 Å². The summed E-state index contributed by atoms with van der Waals surface area (Å²) in [5.74, 6) is 0.454. The van der Waals surface area contributed by atoms with E-state index in [0.29, 0.717) is 19.1 Å². The number of hydrogen-bond donors (Lipinski definition) is 2. The van der Waals surface area contributed by atoms with Crippen LogP contribution in [-0.4, -0.2) is 44.2 Å². The van der Waals surface area contributed by atoms with Crippen LogP contribution in [0.2, 0.25) is 0 Å². The number of nitrogens with zero attached hydrogens (tertiary/aromatic N) is 2. The van der Waals surface area contributed by atoms with Crippen molar-refractivity contribution in [3.05, 3.63) is 35.4 Å². The lowest BCUT2D eigenvalue weighted by Crippen LogP contribution is -2.40. The summed E-state index contributed by atoms with van der Waals surface area (Å²) < 4.78 is 5.05. The van der Waals surface area contributed by atoms with Gasteiger partial charge in [0, 0.05) is 19.7 Å². The molecule has 5 nitrogen and oxygen atoms in total. The molecule has 1 unspecified atom stereocenters. The molecule has 1 aromatic carbocycles. The molecule has 1 rings (SSSR count). The van der Waals surface area contributed by atoms with Gasteiger partial charge in [-0.05, 0) is 31.6 Å². The molecule has 1 atom stereocenters. The fraction of sp³-hybridized carbons (Fsp3) is 0.562. The third-order valence-corrected chi connectivity index (χ3v) is 3.23. The summed E-state index contributed by atoms with van der Waals surface area (Å²) in [6.45, 7) is 7.34. The third kappa shape index (κ3) is 8.55. The third-order valence-electron chi connectivity index (χ3n) is 3.23. The highest BCUT2D eigenvalue weighted by Crippen LogP contribution is 2.08. The molecule has 0 aliphatic heterocycles. The minimum atomic E-state index is 0. The van der Waals surface area contributed by atoms with Crippen LogP contribution in [0.5, 0.6) is 0 Å². The van der Waals surface area contributed by atoms with Gasteiger partial charge in [0.15, 0.2) is 5.96 Å². The molecule has 0 aliphatic rings. The SMILES string of the molecule is CCN(C)Cc1cccc(CN=C(N)NC(C)COC)c1.I. The number of guanidine groups is 1. The number of benzene rings is 1. The van der Waals surface area contributed by atoms with Gasteiger partial charge in [0.1, 0.15) is 0 Å². The van der Waals surface area contributed by atoms with E-state index in [9.17, 15) is 0 Å². The number of rotatable bonds is 8. The van der Waals surface area contributed by atoms with Crippen molar-refractivity contribution >= 4 is 29.9 Å². The Labute approximate surface area is 151 Å². The fourth-order valence-corrected chi connectivity index (χ4v) is 2.02. The highest BCUT2D eigenvalue weighted by molar-refractivity contribution is 14.0. The number of hydrogen-bond acceptors (Lipinski definition) is 3. The van der Waals surface area contributed by atoms with Crippen molar-refractivity contribution in [2.75, 3.05) is 27.3 Å². The number of ether oxygens (including phenoxy) is 1. The average molecular weight is 420 g/mol. The normalized spacial score (nSPS) is 12.9. The maximum atomic E-state index is 5.87. The zero-order valence-electron chi connectivity index (χ0n) is 14.0. The Morgan fingerprint density at radius 1 is 1.41 bits per heavy atom. The minimum absolute atomic E-state index is 0. The molecule has 0 radical (unpaired) electrons. The number of halogens is 1. The van der Waals surface area contributed by atoms with E-state index >= 15 is 0 Å². The molecule has 22 heavy (non-hydrogen) atoms. The number of nitrogens with one attached hydrogen (secondary N) is 1. The zero-order valence-corrected chi connectivity index (χ0v) is 16.3. The molecule has 1 aromatic rings. The van der Waals surface area contributed by atoms with Crippen molar-refractivity contribution in [1.29, 1.82) is 0 Å². The molecule has 3 N–H and O–H groups in total. The average Bonchev–Trinajstić information content (AvgIpc) is 2.45. The Bertz CT molecular complexity index is 454. The topological polar surface area (TPSA) is 62.9 Å². The zero-order chi connectivity index (χ0) is 15.7. The Kier molecular flexibility index (Phi) is 11.2. The van der Waals surface area contributed by atoms with E-state index in [0.717, 1.165) is 13.1 Å². The van der Waals surface area contributed by atoms with Gasteiger partial charge in [-0.1, -0.05) is 31.2 Å². The molecule has 0 heterocycles. The highest BCUT2D eigenvalue weighted by Gasteiger charge is 2.02. The minimum Gasteiger partial charge on any atom is -0.383 e. The molecule has 0 saturated heterocycles. The fourth-order valence-electron chi connectivity index (χ4n) is 2.02. The summed E-state index contributed by atoms with van der Waals surface area (Å²) in [5.41, 5.74) is 8.33. The van der Waals surface area contributed by atoms with E-state index in [1.165, 1.54) is 11.1 Å². The monoisotopic (exact) mass is 420 g/mol. The second kappa shape index (κ2) is 11.7. The van der Waals surface area contributed by atoms with Gasteiger partial charge in [0.2, 0.25) is 0 Å². The van der Waals surface area contributed by atoms with Gasteiger partial charge in [-0.3, -0.25) is 0 Å². The van der Waals surface area contributed by atoms with Gasteiger partial charge in [0.25, 0.3) is 0 Å². The molecular formula is C16H29IN4O. The van der Waals surface area contributed by atoms with Crippen LogP contribution >= 0.6 is 24.0 Å². The second-order valence-electron chi connectivity index (χ2n) is 5.35. The van der Waals surface area contributed by atoms with Crippen molar-refractivity contribution < 1.29 is 4.74 Å². The largest absolute Gasteiger partial charge is 0.383 e. The highest BCUT2D eigenvalue weighted by atomic mass is 127. The molecule has 6 heteroatoms. The predicted molar refractivity (Wildman–Crippen MR) is 104 cm³/mol. The van der Waals surface area contributed by atoms with Gasteiger partial charge in [0.05, 0.1) is 13.2 Å². The van der Waals surface area contributed by atoms with Crippen LogP contribution in [0.15, 0.2) is 29.3 Å². The smallest absolute Gasteiger partial charge is 0.189 e. The Morgan fingerprint density at radius 2 is 2.09 bits per heavy atom. The second-order valence-corrected chi connectivity index (χ2v) is 5.35. The maximum Gasteiger partial charge on any atom is 0.189 e. The van der Waals surface area contributed by atoms with E-state index in [4.69, 9.17) is 10.5 Å². The van der Waals surface area contributed by atoms with E-state index in [1.54, 1.807) is 7.11 Å². The summed E-state index contributed by atoms with van der Waals surface area (Å²) in [6, 6.07) is 8.62. The molecule has 0 bridgehead atoms. The van der Waals surface area contributed by atoms with Gasteiger partial charge in [-0.25, -0.2) is 4.99 Å². The summed E-state index contributed by atoms with van der Waals surface area (Å²) >= 11 is 0. The van der Waals surface area contributed by atoms with Crippen molar-refractivity contribution in [1.82, 2.24) is 10.2 Å². The Morgan fingerprint density at radius 3 is 2.73 bits per heavy atom. The van der Waals surface area contributed by atoms with Gasteiger partial charge in [-0.15, -0.1) is 24.0 Å². The van der Waals surface area contributed by atoms with Crippen molar-refractivity contribution in [3.8, 4) is 0 Å². The van der Waals surface area contributed by atoms with Crippen LogP contribution in [0.3, 0.4) is 0 Å². The quantitative estimate of drug-likeness (QED) is 0.385. The summed E-state index contributed by atoms with van der Waals surface area (Å²) in [5, 5.41) is 3.10. The molecule has 0 amide bonds. The maximum absolute atomic E-state index is 5.87. The van der Waals surface area contributed by atoms with E-state index < -0.39 is 0 Å². The molecule has 0 aliphatic carbocycles. The van der Waals surface area contributed by atoms with Gasteiger partial charge < -0.3 is 20.7 Å². The molecular weight excluding hydrogens is 391 g/mol. The van der Waals surface area contributed by atoms with Crippen LogP contribution in [-0.2, 0) is 17.8 Å². The Balaban J connectivity index is 0.00000441. The lowest BCUT2D eigenvalue weighted by molar-refractivity contribution is 0.179. The number of nitrogens with two attached hydrogens (primary N) is 1. The number of aliphatic imine (C=N–C) groups is 1. The molecule has 126 valence electrons. The van der Waals surface area contributed by atoms with Crippen molar-refractivity contribution in [3.63, 3.8) is 0 Å². The summed E-state index contributed by atoms with van der Waals surface area (Å²) in [4.78, 5) is 6.64. The number of methoxy groups -OCH3 is 1. The first-order chi connectivity index (χ1) is 10.0. The summed E-state index contributed by atoms with van der Waals surface area (Å²) in [6.07, 6.45) is 0. The molecule has 0 saturated carbocycles. The van der Waals surface area contributed by atoms with E-state index in [-0.39, 0.29) is 30.0 Å². The van der Waals surface area contributed by atoms with E-state index in [1.807, 2.05) is 6.92 Å². The first-order valence-corrected chi connectivity index (χ1v) is 7.36. The van der Waals surface area contributed by atoms with E-state index in [2.05, 4.69) is 53.4 Å². The molecule has 0 aromatic heterocycles. The first kappa shape index (κ1) is 21.1. The van der Waals surface area contributed by atoms with Crippen LogP contribution in [0, 0.1) is 0 Å². The van der Waals surface area contributed by atoms with Crippen molar-refractivity contribution in [2.45, 2.75) is 33.0 Å².